The number of fused-ring (bicyclic) bond motifs is 4. The van der Waals surface area contributed by atoms with Crippen LogP contribution in [0.4, 0.5) is 68.2 Å². The van der Waals surface area contributed by atoms with E-state index in [1.54, 1.807) is 0 Å². The molecule has 5 heteroatoms. The molecular formula is C88H71N5. The largest absolute Gasteiger partial charge is 0.310 e. The summed E-state index contributed by atoms with van der Waals surface area (Å²) in [4.78, 5) is 15.4. The lowest BCUT2D eigenvalue weighted by atomic mass is 9.89. The summed E-state index contributed by atoms with van der Waals surface area (Å²) in [7, 11) is 0. The van der Waals surface area contributed by atoms with E-state index in [1.807, 2.05) is 0 Å². The molecule has 0 aliphatic carbocycles. The fourth-order valence-electron chi connectivity index (χ4n) is 13.7. The lowest BCUT2D eigenvalue weighted by Gasteiger charge is -2.32. The number of pyridine rings is 1. The minimum Gasteiger partial charge on any atom is -0.310 e. The summed E-state index contributed by atoms with van der Waals surface area (Å²) in [5, 5.41) is 9.41. The van der Waals surface area contributed by atoms with E-state index in [1.165, 1.54) is 65.3 Å². The van der Waals surface area contributed by atoms with Crippen LogP contribution < -0.4 is 19.6 Å². The summed E-state index contributed by atoms with van der Waals surface area (Å²) in [6.07, 6.45) is 0. The standard InChI is InChI=1S/C88H71N5/c1-58-24-36-75(37-25-58)90(76-38-26-59(2)27-39-76)83-52-73(53-84(56-83)91(77-40-28-60(3)29-41-77)78-42-30-61(4)31-43-78)87-62(5)88(64(7)89-63(87)6)74-54-85(92(79-44-32-65-16-8-12-20-69(65)48-79)80-45-33-66-17-9-13-21-70(66)49-80)57-86(55-74)93(81-46-34-67-18-10-14-22-71(67)50-81)82-47-35-68-19-11-15-23-72(68)51-82/h8-57H,1-7H3. The van der Waals surface area contributed by atoms with Gasteiger partial charge in [0.15, 0.2) is 0 Å². The van der Waals surface area contributed by atoms with Crippen molar-refractivity contribution >= 4 is 111 Å². The maximum absolute atomic E-state index is 5.67. The lowest BCUT2D eigenvalue weighted by Crippen LogP contribution is -2.14. The van der Waals surface area contributed by atoms with Gasteiger partial charge in [-0.15, -0.1) is 0 Å². The number of nitrogens with zero attached hydrogens (tertiary/aromatic N) is 5. The summed E-state index contributed by atoms with van der Waals surface area (Å²) in [6, 6.07) is 112. The Kier molecular flexibility index (Phi) is 15.2. The first-order valence-corrected chi connectivity index (χ1v) is 32.1. The first-order valence-electron chi connectivity index (χ1n) is 32.1. The minimum absolute atomic E-state index is 0.945. The monoisotopic (exact) mass is 1200 g/mol. The number of benzene rings is 14. The zero-order chi connectivity index (χ0) is 63.3. The van der Waals surface area contributed by atoms with Crippen molar-refractivity contribution in [1.82, 2.24) is 4.98 Å². The predicted molar refractivity (Wildman–Crippen MR) is 397 cm³/mol. The van der Waals surface area contributed by atoms with E-state index in [9.17, 15) is 0 Å². The Labute approximate surface area is 546 Å². The smallest absolute Gasteiger partial charge is 0.0488 e. The van der Waals surface area contributed by atoms with E-state index in [4.69, 9.17) is 4.98 Å². The minimum atomic E-state index is 0.945. The molecular weight excluding hydrogens is 1130 g/mol. The molecule has 0 N–H and O–H groups in total. The molecule has 1 aromatic heterocycles. The third-order valence-corrected chi connectivity index (χ3v) is 18.4. The fourth-order valence-corrected chi connectivity index (χ4v) is 13.7. The van der Waals surface area contributed by atoms with Crippen molar-refractivity contribution < 1.29 is 0 Å². The molecule has 0 bridgehead atoms. The summed E-state index contributed by atoms with van der Waals surface area (Å²) in [6.45, 7) is 15.3. The summed E-state index contributed by atoms with van der Waals surface area (Å²) in [5.74, 6) is 0. The zero-order valence-corrected chi connectivity index (χ0v) is 53.6. The molecule has 0 aliphatic rings. The Bertz CT molecular complexity index is 4760. The predicted octanol–water partition coefficient (Wildman–Crippen LogP) is 25.1. The van der Waals surface area contributed by atoms with Crippen LogP contribution in [0.1, 0.15) is 39.2 Å². The van der Waals surface area contributed by atoms with Gasteiger partial charge >= 0.3 is 0 Å². The Morgan fingerprint density at radius 1 is 0.194 bits per heavy atom. The van der Waals surface area contributed by atoms with Gasteiger partial charge in [-0.2, -0.15) is 0 Å². The summed E-state index contributed by atoms with van der Waals surface area (Å²) < 4.78 is 0. The lowest BCUT2D eigenvalue weighted by molar-refractivity contribution is 1.11. The highest BCUT2D eigenvalue weighted by molar-refractivity contribution is 5.99. The normalized spacial score (nSPS) is 11.4. The molecule has 15 rings (SSSR count). The van der Waals surface area contributed by atoms with Crippen LogP contribution in [-0.4, -0.2) is 4.98 Å². The fraction of sp³-hybridized carbons (Fsp3) is 0.0795. The summed E-state index contributed by atoms with van der Waals surface area (Å²) >= 11 is 0. The average Bonchev–Trinajstić information content (AvgIpc) is 0.788. The van der Waals surface area contributed by atoms with Gasteiger partial charge in [0.2, 0.25) is 0 Å². The number of rotatable bonds is 14. The van der Waals surface area contributed by atoms with Gasteiger partial charge in [-0.3, -0.25) is 4.98 Å². The van der Waals surface area contributed by atoms with Gasteiger partial charge in [-0.05, 0) is 242 Å². The second kappa shape index (κ2) is 24.3. The topological polar surface area (TPSA) is 25.9 Å². The Hall–Kier alpha value is -11.5. The highest BCUT2D eigenvalue weighted by Crippen LogP contribution is 2.49. The van der Waals surface area contributed by atoms with Crippen molar-refractivity contribution in [1.29, 1.82) is 0 Å². The van der Waals surface area contributed by atoms with E-state index < -0.39 is 0 Å². The first-order chi connectivity index (χ1) is 45.4. The van der Waals surface area contributed by atoms with Crippen LogP contribution in [0.25, 0.3) is 65.3 Å². The van der Waals surface area contributed by atoms with E-state index in [0.717, 1.165) is 107 Å². The SMILES string of the molecule is Cc1ccc(N(c2ccc(C)cc2)c2cc(-c3c(C)nc(C)c(-c4cc(N(c5ccc6ccccc6c5)c5ccc6ccccc6c5)cc(N(c5ccc6ccccc6c5)c5ccc6ccccc6c5)c4)c3C)cc(N(c3ccc(C)cc3)c3ccc(C)cc3)c2)cc1. The molecule has 0 radical (unpaired) electrons. The highest BCUT2D eigenvalue weighted by Gasteiger charge is 2.26. The Morgan fingerprint density at radius 3 is 0.656 bits per heavy atom. The molecule has 5 nitrogen and oxygen atoms in total. The number of hydrogen-bond acceptors (Lipinski definition) is 5. The zero-order valence-electron chi connectivity index (χ0n) is 53.6. The summed E-state index contributed by atoms with van der Waals surface area (Å²) in [5.41, 5.74) is 24.6. The number of anilines is 12. The van der Waals surface area contributed by atoms with Crippen LogP contribution in [0.3, 0.4) is 0 Å². The second-order valence-corrected chi connectivity index (χ2v) is 24.9. The van der Waals surface area contributed by atoms with Crippen LogP contribution in [0, 0.1) is 48.5 Å². The van der Waals surface area contributed by atoms with Crippen molar-refractivity contribution in [3.63, 3.8) is 0 Å². The van der Waals surface area contributed by atoms with Crippen molar-refractivity contribution in [2.24, 2.45) is 0 Å². The van der Waals surface area contributed by atoms with Gasteiger partial charge in [0.05, 0.1) is 0 Å². The average molecular weight is 1200 g/mol. The molecule has 0 aliphatic heterocycles. The third-order valence-electron chi connectivity index (χ3n) is 18.4. The van der Waals surface area contributed by atoms with Crippen LogP contribution >= 0.6 is 0 Å². The maximum Gasteiger partial charge on any atom is 0.0488 e. The van der Waals surface area contributed by atoms with E-state index in [-0.39, 0.29) is 0 Å². The van der Waals surface area contributed by atoms with Gasteiger partial charge in [0.1, 0.15) is 0 Å². The molecule has 0 saturated carbocycles. The number of aryl methyl sites for hydroxylation is 6. The van der Waals surface area contributed by atoms with Crippen LogP contribution in [0.5, 0.6) is 0 Å². The number of hydrogen-bond donors (Lipinski definition) is 0. The second-order valence-electron chi connectivity index (χ2n) is 24.9. The molecule has 0 unspecified atom stereocenters. The van der Waals surface area contributed by atoms with Gasteiger partial charge in [0.25, 0.3) is 0 Å². The molecule has 0 fully saturated rings. The van der Waals surface area contributed by atoms with Crippen molar-refractivity contribution in [2.45, 2.75) is 48.5 Å². The van der Waals surface area contributed by atoms with Crippen LogP contribution in [0.2, 0.25) is 0 Å². The highest BCUT2D eigenvalue weighted by atomic mass is 15.2. The molecule has 448 valence electrons. The van der Waals surface area contributed by atoms with E-state index in [2.05, 4.69) is 371 Å². The van der Waals surface area contributed by atoms with Crippen molar-refractivity contribution in [3.8, 4) is 22.3 Å². The molecule has 14 aromatic carbocycles. The molecule has 1 heterocycles. The first kappa shape index (κ1) is 57.9. The molecule has 15 aromatic rings. The Morgan fingerprint density at radius 2 is 0.409 bits per heavy atom. The van der Waals surface area contributed by atoms with Gasteiger partial charge < -0.3 is 19.6 Å². The Balaban J connectivity index is 1.02. The van der Waals surface area contributed by atoms with Crippen molar-refractivity contribution in [2.75, 3.05) is 19.6 Å². The maximum atomic E-state index is 5.67. The van der Waals surface area contributed by atoms with Gasteiger partial charge in [0, 0.05) is 90.8 Å². The molecule has 0 atom stereocenters. The van der Waals surface area contributed by atoms with Crippen LogP contribution in [-0.2, 0) is 0 Å². The molecule has 0 spiro atoms. The third kappa shape index (κ3) is 11.4. The van der Waals surface area contributed by atoms with E-state index in [0.29, 0.717) is 0 Å². The quantitative estimate of drug-likeness (QED) is 0.108. The van der Waals surface area contributed by atoms with Gasteiger partial charge in [-0.25, -0.2) is 0 Å². The molecule has 0 amide bonds. The molecule has 93 heavy (non-hydrogen) atoms. The number of aromatic nitrogens is 1. The van der Waals surface area contributed by atoms with E-state index >= 15 is 0 Å². The molecule has 0 saturated heterocycles. The van der Waals surface area contributed by atoms with Crippen LogP contribution in [0.15, 0.2) is 303 Å². The van der Waals surface area contributed by atoms with Crippen molar-refractivity contribution in [3.05, 3.63) is 343 Å². The van der Waals surface area contributed by atoms with Gasteiger partial charge in [-0.1, -0.05) is 192 Å².